The maximum absolute atomic E-state index is 13.7. The first-order valence-corrected chi connectivity index (χ1v) is 17.1. The summed E-state index contributed by atoms with van der Waals surface area (Å²) < 4.78 is 56.8. The van der Waals surface area contributed by atoms with E-state index >= 15 is 0 Å². The Kier molecular flexibility index (Phi) is 10.3. The lowest BCUT2D eigenvalue weighted by Gasteiger charge is -2.41. The minimum atomic E-state index is -5.13. The number of nitrogens with zero attached hydrogens (tertiary/aromatic N) is 1. The molecule has 3 rings (SSSR count). The number of hydrogen-bond donors (Lipinski definition) is 4. The van der Waals surface area contributed by atoms with Gasteiger partial charge in [0.25, 0.3) is 0 Å². The number of aliphatic hydroxyl groups excluding tert-OH is 1. The molecule has 10 nitrogen and oxygen atoms in total. The van der Waals surface area contributed by atoms with Crippen LogP contribution in [0.3, 0.4) is 0 Å². The molecule has 1 heterocycles. The molecule has 0 saturated heterocycles. The minimum absolute atomic E-state index is 0.119. The molecule has 0 spiro atoms. The topological polar surface area (TPSA) is 138 Å². The van der Waals surface area contributed by atoms with Gasteiger partial charge in [-0.1, -0.05) is 39.0 Å². The zero-order valence-corrected chi connectivity index (χ0v) is 27.6. The molecule has 2 aromatic carbocycles. The Morgan fingerprint density at radius 1 is 1.07 bits per heavy atom. The van der Waals surface area contributed by atoms with Crippen LogP contribution in [0.4, 0.5) is 23.7 Å². The minimum Gasteiger partial charge on any atom is -0.506 e. The third-order valence-electron chi connectivity index (χ3n) is 7.52. The summed E-state index contributed by atoms with van der Waals surface area (Å²) in [6.45, 7) is 14.3. The second kappa shape index (κ2) is 12.9. The molecule has 1 aliphatic rings. The van der Waals surface area contributed by atoms with Gasteiger partial charge in [-0.3, -0.25) is 0 Å². The fraction of sp³-hybridized carbons (Fsp3) is 0.484. The Labute approximate surface area is 261 Å². The van der Waals surface area contributed by atoms with E-state index in [1.54, 1.807) is 32.9 Å². The summed E-state index contributed by atoms with van der Waals surface area (Å²) in [4.78, 5) is 26.3. The van der Waals surface area contributed by atoms with Gasteiger partial charge < -0.3 is 39.4 Å². The lowest BCUT2D eigenvalue weighted by atomic mass is 9.96. The zero-order chi connectivity index (χ0) is 34.1. The van der Waals surface area contributed by atoms with Gasteiger partial charge in [-0.15, -0.1) is 13.2 Å². The Morgan fingerprint density at radius 3 is 2.27 bits per heavy atom. The average molecular weight is 655 g/mol. The summed E-state index contributed by atoms with van der Waals surface area (Å²) in [6.07, 6.45) is -4.83. The molecular formula is C31H41F3N2O8Si. The van der Waals surface area contributed by atoms with Crippen LogP contribution in [0.25, 0.3) is 6.08 Å². The smallest absolute Gasteiger partial charge is 0.506 e. The van der Waals surface area contributed by atoms with Crippen molar-refractivity contribution in [2.45, 2.75) is 90.5 Å². The lowest BCUT2D eigenvalue weighted by Crippen LogP contribution is -2.45. The number of phenols is 1. The molecule has 0 radical (unpaired) electrons. The highest BCUT2D eigenvalue weighted by atomic mass is 28.4. The van der Waals surface area contributed by atoms with Crippen LogP contribution in [0.5, 0.6) is 11.5 Å². The van der Waals surface area contributed by atoms with E-state index in [4.69, 9.17) is 9.16 Å². The predicted octanol–water partition coefficient (Wildman–Crippen LogP) is 7.25. The standard InChI is InChI=1S/C31H41F3N2O8Si/c1-29(2,3)43-28(41)36(16-19-10-9-18(27(39)40)15-23(19)42-31(32,33)34)17-24(44-45(7,8)30(4,5)6)20-11-13-22(37)26-21(20)12-14-25(38)35-26/h9-15,24-25,35,37-38H,16-17H2,1-8H3,(H,39,40)/t24-,25?/m0/s1. The number of aromatic hydroxyl groups is 1. The number of amides is 1. The fourth-order valence-corrected chi connectivity index (χ4v) is 5.59. The normalized spacial score (nSPS) is 16.0. The fourth-order valence-electron chi connectivity index (χ4n) is 4.32. The van der Waals surface area contributed by atoms with Gasteiger partial charge >= 0.3 is 18.4 Å². The van der Waals surface area contributed by atoms with E-state index in [-0.39, 0.29) is 28.6 Å². The van der Waals surface area contributed by atoms with Crippen LogP contribution in [0.15, 0.2) is 36.4 Å². The van der Waals surface area contributed by atoms with Crippen LogP contribution in [-0.4, -0.2) is 65.3 Å². The third-order valence-corrected chi connectivity index (χ3v) is 12.0. The van der Waals surface area contributed by atoms with Crippen molar-refractivity contribution >= 4 is 32.1 Å². The van der Waals surface area contributed by atoms with Gasteiger partial charge in [0.1, 0.15) is 23.3 Å². The summed E-state index contributed by atoms with van der Waals surface area (Å²) in [6, 6.07) is 6.08. The van der Waals surface area contributed by atoms with Crippen molar-refractivity contribution in [2.24, 2.45) is 0 Å². The molecule has 45 heavy (non-hydrogen) atoms. The molecular weight excluding hydrogens is 613 g/mol. The van der Waals surface area contributed by atoms with E-state index < -0.39 is 62.5 Å². The second-order valence-corrected chi connectivity index (χ2v) is 18.1. The molecule has 0 bridgehead atoms. The quantitative estimate of drug-likeness (QED) is 0.163. The SMILES string of the molecule is CC(C)(C)OC(=O)N(Cc1ccc(C(=O)O)cc1OC(F)(F)F)C[C@H](O[Si](C)(C)C(C)(C)C)c1ccc(O)c2c1C=CC(O)N2. The van der Waals surface area contributed by atoms with Gasteiger partial charge in [0.05, 0.1) is 30.4 Å². The van der Waals surface area contributed by atoms with Crippen LogP contribution in [-0.2, 0) is 15.7 Å². The predicted molar refractivity (Wildman–Crippen MR) is 165 cm³/mol. The number of alkyl halides is 3. The number of carboxylic acids is 1. The number of halogens is 3. The Morgan fingerprint density at radius 2 is 1.71 bits per heavy atom. The summed E-state index contributed by atoms with van der Waals surface area (Å²) in [5.41, 5.74) is -0.223. The summed E-state index contributed by atoms with van der Waals surface area (Å²) in [5, 5.41) is 32.6. The number of anilines is 1. The van der Waals surface area contributed by atoms with E-state index in [0.29, 0.717) is 11.1 Å². The molecule has 14 heteroatoms. The number of aromatic carboxylic acids is 1. The van der Waals surface area contributed by atoms with E-state index in [2.05, 4.69) is 10.1 Å². The number of aliphatic hydroxyl groups is 1. The van der Waals surface area contributed by atoms with Crippen molar-refractivity contribution in [3.05, 3.63) is 58.7 Å². The van der Waals surface area contributed by atoms with Crippen LogP contribution < -0.4 is 10.1 Å². The Balaban J connectivity index is 2.18. The van der Waals surface area contributed by atoms with Gasteiger partial charge in [0, 0.05) is 11.1 Å². The molecule has 1 amide bonds. The number of carboxylic acid groups (broad SMARTS) is 1. The van der Waals surface area contributed by atoms with Crippen molar-refractivity contribution < 1.29 is 52.0 Å². The Hall–Kier alpha value is -3.75. The van der Waals surface area contributed by atoms with Gasteiger partial charge in [0.15, 0.2) is 8.32 Å². The van der Waals surface area contributed by atoms with Crippen molar-refractivity contribution in [1.29, 1.82) is 0 Å². The number of fused-ring (bicyclic) bond motifs is 1. The van der Waals surface area contributed by atoms with E-state index in [9.17, 15) is 38.1 Å². The number of nitrogens with one attached hydrogen (secondary N) is 1. The van der Waals surface area contributed by atoms with Gasteiger partial charge in [-0.2, -0.15) is 0 Å². The van der Waals surface area contributed by atoms with Crippen LogP contribution in [0.1, 0.15) is 74.7 Å². The molecule has 1 unspecified atom stereocenters. The highest BCUT2D eigenvalue weighted by Gasteiger charge is 2.41. The van der Waals surface area contributed by atoms with Gasteiger partial charge in [-0.25, -0.2) is 9.59 Å². The first kappa shape index (κ1) is 35.7. The maximum Gasteiger partial charge on any atom is 0.573 e. The molecule has 0 fully saturated rings. The monoisotopic (exact) mass is 654 g/mol. The number of carbonyl (C=O) groups excluding carboxylic acids is 1. The number of phenolic OH excluding ortho intramolecular Hbond substituents is 1. The van der Waals surface area contributed by atoms with Crippen LogP contribution >= 0.6 is 0 Å². The summed E-state index contributed by atoms with van der Waals surface area (Å²) in [7, 11) is -2.60. The third kappa shape index (κ3) is 9.37. The first-order valence-electron chi connectivity index (χ1n) is 14.2. The second-order valence-electron chi connectivity index (χ2n) is 13.3. The number of carbonyl (C=O) groups is 2. The van der Waals surface area contributed by atoms with Gasteiger partial charge in [0.2, 0.25) is 0 Å². The van der Waals surface area contributed by atoms with Crippen molar-refractivity contribution in [1.82, 2.24) is 4.90 Å². The lowest BCUT2D eigenvalue weighted by molar-refractivity contribution is -0.275. The molecule has 0 saturated carbocycles. The number of benzene rings is 2. The number of ether oxygens (including phenoxy) is 2. The maximum atomic E-state index is 13.7. The highest BCUT2D eigenvalue weighted by molar-refractivity contribution is 6.74. The molecule has 2 aromatic rings. The molecule has 248 valence electrons. The summed E-state index contributed by atoms with van der Waals surface area (Å²) in [5.74, 6) is -2.36. The first-order chi connectivity index (χ1) is 20.5. The van der Waals surface area contributed by atoms with E-state index in [1.807, 2.05) is 33.9 Å². The highest BCUT2D eigenvalue weighted by Crippen LogP contribution is 2.43. The average Bonchev–Trinajstić information content (AvgIpc) is 2.86. The van der Waals surface area contributed by atoms with E-state index in [1.165, 1.54) is 17.0 Å². The molecule has 2 atom stereocenters. The molecule has 1 aliphatic heterocycles. The molecule has 0 aromatic heterocycles. The Bertz CT molecular complexity index is 1450. The zero-order valence-electron chi connectivity index (χ0n) is 26.6. The largest absolute Gasteiger partial charge is 0.573 e. The van der Waals surface area contributed by atoms with Crippen molar-refractivity contribution in [2.75, 3.05) is 11.9 Å². The number of rotatable bonds is 9. The van der Waals surface area contributed by atoms with Crippen LogP contribution in [0.2, 0.25) is 18.1 Å². The van der Waals surface area contributed by atoms with Crippen molar-refractivity contribution in [3.63, 3.8) is 0 Å². The van der Waals surface area contributed by atoms with Crippen LogP contribution in [0, 0.1) is 0 Å². The summed E-state index contributed by atoms with van der Waals surface area (Å²) >= 11 is 0. The van der Waals surface area contributed by atoms with Gasteiger partial charge in [-0.05, 0) is 68.7 Å². The van der Waals surface area contributed by atoms with Crippen molar-refractivity contribution in [3.8, 4) is 11.5 Å². The number of hydrogen-bond acceptors (Lipinski definition) is 8. The molecule has 4 N–H and O–H groups in total. The molecule has 0 aliphatic carbocycles. The van der Waals surface area contributed by atoms with E-state index in [0.717, 1.165) is 18.2 Å².